The highest BCUT2D eigenvalue weighted by atomic mass is 19.1. The van der Waals surface area contributed by atoms with Gasteiger partial charge in [-0.05, 0) is 18.2 Å². The van der Waals surface area contributed by atoms with Gasteiger partial charge in [0.25, 0.3) is 5.91 Å². The Morgan fingerprint density at radius 3 is 2.75 bits per heavy atom. The number of hydrogen-bond donors (Lipinski definition) is 3. The molecule has 1 rings (SSSR count). The van der Waals surface area contributed by atoms with Gasteiger partial charge in [-0.2, -0.15) is 0 Å². The van der Waals surface area contributed by atoms with Crippen LogP contribution in [0.5, 0.6) is 0 Å². The molecule has 64 valence electrons. The van der Waals surface area contributed by atoms with Crippen molar-refractivity contribution in [2.75, 3.05) is 5.73 Å². The van der Waals surface area contributed by atoms with Crippen LogP contribution in [0.2, 0.25) is 0 Å². The van der Waals surface area contributed by atoms with Crippen molar-refractivity contribution in [3.05, 3.63) is 29.6 Å². The van der Waals surface area contributed by atoms with E-state index in [2.05, 4.69) is 0 Å². The summed E-state index contributed by atoms with van der Waals surface area (Å²) < 4.78 is 12.6. The predicted molar refractivity (Wildman–Crippen MR) is 42.5 cm³/mol. The molecule has 1 amide bonds. The topological polar surface area (TPSA) is 81.1 Å². The summed E-state index contributed by atoms with van der Waals surface area (Å²) in [4.78, 5) is 10.9. The first-order chi connectivity index (χ1) is 5.65. The Morgan fingerprint density at radius 2 is 2.17 bits per heavy atom. The SMILES string of the molecule is NNC(=O)c1cc(F)ccc1N. The number of hydrazine groups is 1. The normalized spacial score (nSPS) is 9.50. The van der Waals surface area contributed by atoms with E-state index in [-0.39, 0.29) is 11.3 Å². The fourth-order valence-electron chi connectivity index (χ4n) is 0.803. The van der Waals surface area contributed by atoms with Crippen LogP contribution < -0.4 is 17.0 Å². The number of nitrogen functional groups attached to an aromatic ring is 2. The zero-order valence-corrected chi connectivity index (χ0v) is 6.17. The summed E-state index contributed by atoms with van der Waals surface area (Å²) in [5.74, 6) is 3.72. The standard InChI is InChI=1S/C7H8FN3O/c8-4-1-2-6(9)5(3-4)7(12)11-10/h1-3H,9-10H2,(H,11,12). The van der Waals surface area contributed by atoms with E-state index in [4.69, 9.17) is 11.6 Å². The number of hydrogen-bond acceptors (Lipinski definition) is 3. The maximum absolute atomic E-state index is 12.6. The molecule has 0 saturated carbocycles. The van der Waals surface area contributed by atoms with Gasteiger partial charge < -0.3 is 5.73 Å². The van der Waals surface area contributed by atoms with Crippen molar-refractivity contribution in [1.29, 1.82) is 0 Å². The highest BCUT2D eigenvalue weighted by molar-refractivity contribution is 5.98. The molecule has 0 aliphatic carbocycles. The lowest BCUT2D eigenvalue weighted by atomic mass is 10.1. The van der Waals surface area contributed by atoms with Crippen LogP contribution in [0, 0.1) is 5.82 Å². The van der Waals surface area contributed by atoms with E-state index < -0.39 is 11.7 Å². The molecule has 0 aliphatic rings. The van der Waals surface area contributed by atoms with Gasteiger partial charge in [0.15, 0.2) is 0 Å². The molecule has 0 atom stereocenters. The number of rotatable bonds is 1. The summed E-state index contributed by atoms with van der Waals surface area (Å²) in [6.07, 6.45) is 0. The minimum atomic E-state index is -0.605. The number of carbonyl (C=O) groups is 1. The van der Waals surface area contributed by atoms with Crippen molar-refractivity contribution in [3.63, 3.8) is 0 Å². The molecule has 0 heterocycles. The molecule has 5 N–H and O–H groups in total. The number of halogens is 1. The summed E-state index contributed by atoms with van der Waals surface area (Å²) in [5.41, 5.74) is 7.48. The van der Waals surface area contributed by atoms with Gasteiger partial charge in [0.2, 0.25) is 0 Å². The maximum Gasteiger partial charge on any atom is 0.267 e. The lowest BCUT2D eigenvalue weighted by Gasteiger charge is -2.02. The van der Waals surface area contributed by atoms with E-state index in [1.165, 1.54) is 12.1 Å². The summed E-state index contributed by atoms with van der Waals surface area (Å²) in [6, 6.07) is 3.50. The molecule has 1 aromatic rings. The minimum absolute atomic E-state index is 0.0394. The van der Waals surface area contributed by atoms with Crippen LogP contribution in [0.1, 0.15) is 10.4 Å². The van der Waals surface area contributed by atoms with Gasteiger partial charge in [-0.1, -0.05) is 0 Å². The van der Waals surface area contributed by atoms with Crippen LogP contribution in [0.25, 0.3) is 0 Å². The third kappa shape index (κ3) is 1.51. The molecular formula is C7H8FN3O. The molecular weight excluding hydrogens is 161 g/mol. The molecule has 12 heavy (non-hydrogen) atoms. The Kier molecular flexibility index (Phi) is 2.25. The van der Waals surface area contributed by atoms with Crippen molar-refractivity contribution in [1.82, 2.24) is 5.43 Å². The predicted octanol–water partition coefficient (Wildman–Crippen LogP) is 0.0114. The number of benzene rings is 1. The number of anilines is 1. The van der Waals surface area contributed by atoms with Gasteiger partial charge in [-0.3, -0.25) is 10.2 Å². The molecule has 0 unspecified atom stereocenters. The fraction of sp³-hybridized carbons (Fsp3) is 0. The Morgan fingerprint density at radius 1 is 1.50 bits per heavy atom. The zero-order chi connectivity index (χ0) is 9.14. The Balaban J connectivity index is 3.13. The van der Waals surface area contributed by atoms with Gasteiger partial charge in [0, 0.05) is 5.69 Å². The maximum atomic E-state index is 12.6. The van der Waals surface area contributed by atoms with Gasteiger partial charge in [-0.15, -0.1) is 0 Å². The molecule has 0 fully saturated rings. The second-order valence-corrected chi connectivity index (χ2v) is 2.21. The van der Waals surface area contributed by atoms with E-state index >= 15 is 0 Å². The molecule has 0 aliphatic heterocycles. The zero-order valence-electron chi connectivity index (χ0n) is 6.17. The lowest BCUT2D eigenvalue weighted by molar-refractivity contribution is 0.0954. The molecule has 5 heteroatoms. The fourth-order valence-corrected chi connectivity index (χ4v) is 0.803. The molecule has 0 bridgehead atoms. The first kappa shape index (κ1) is 8.48. The quantitative estimate of drug-likeness (QED) is 0.240. The van der Waals surface area contributed by atoms with Crippen molar-refractivity contribution < 1.29 is 9.18 Å². The van der Waals surface area contributed by atoms with Crippen LogP contribution in [-0.4, -0.2) is 5.91 Å². The number of nitrogens with two attached hydrogens (primary N) is 2. The Hall–Kier alpha value is -1.62. The first-order valence-corrected chi connectivity index (χ1v) is 3.21. The van der Waals surface area contributed by atoms with Crippen molar-refractivity contribution in [3.8, 4) is 0 Å². The summed E-state index contributed by atoms with van der Waals surface area (Å²) in [6.45, 7) is 0. The van der Waals surface area contributed by atoms with Gasteiger partial charge in [0.05, 0.1) is 5.56 Å². The largest absolute Gasteiger partial charge is 0.398 e. The summed E-state index contributed by atoms with van der Waals surface area (Å²) >= 11 is 0. The average molecular weight is 169 g/mol. The van der Waals surface area contributed by atoms with Gasteiger partial charge >= 0.3 is 0 Å². The van der Waals surface area contributed by atoms with E-state index in [0.717, 1.165) is 6.07 Å². The number of nitrogens with one attached hydrogen (secondary N) is 1. The summed E-state index contributed by atoms with van der Waals surface area (Å²) in [5, 5.41) is 0. The van der Waals surface area contributed by atoms with Crippen molar-refractivity contribution >= 4 is 11.6 Å². The van der Waals surface area contributed by atoms with Gasteiger partial charge in [0.1, 0.15) is 5.82 Å². The second kappa shape index (κ2) is 3.19. The van der Waals surface area contributed by atoms with Crippen LogP contribution in [-0.2, 0) is 0 Å². The van der Waals surface area contributed by atoms with Crippen molar-refractivity contribution in [2.24, 2.45) is 5.84 Å². The van der Waals surface area contributed by atoms with Crippen LogP contribution >= 0.6 is 0 Å². The number of carbonyl (C=O) groups excluding carboxylic acids is 1. The van der Waals surface area contributed by atoms with Gasteiger partial charge in [-0.25, -0.2) is 10.2 Å². The van der Waals surface area contributed by atoms with Crippen LogP contribution in [0.15, 0.2) is 18.2 Å². The molecule has 0 spiro atoms. The first-order valence-electron chi connectivity index (χ1n) is 3.21. The summed E-state index contributed by atoms with van der Waals surface area (Å²) in [7, 11) is 0. The third-order valence-corrected chi connectivity index (χ3v) is 1.39. The van der Waals surface area contributed by atoms with Crippen LogP contribution in [0.3, 0.4) is 0 Å². The molecule has 0 saturated heterocycles. The van der Waals surface area contributed by atoms with E-state index in [0.29, 0.717) is 0 Å². The third-order valence-electron chi connectivity index (χ3n) is 1.39. The Bertz CT molecular complexity index is 314. The molecule has 1 aromatic carbocycles. The Labute approximate surface area is 68.3 Å². The van der Waals surface area contributed by atoms with E-state index in [1.54, 1.807) is 0 Å². The van der Waals surface area contributed by atoms with E-state index in [1.807, 2.05) is 5.43 Å². The van der Waals surface area contributed by atoms with E-state index in [9.17, 15) is 9.18 Å². The van der Waals surface area contributed by atoms with Crippen LogP contribution in [0.4, 0.5) is 10.1 Å². The number of amides is 1. The second-order valence-electron chi connectivity index (χ2n) is 2.21. The average Bonchev–Trinajstić information content (AvgIpc) is 2.08. The highest BCUT2D eigenvalue weighted by Gasteiger charge is 2.08. The smallest absolute Gasteiger partial charge is 0.267 e. The molecule has 4 nitrogen and oxygen atoms in total. The molecule has 0 aromatic heterocycles. The highest BCUT2D eigenvalue weighted by Crippen LogP contribution is 2.12. The van der Waals surface area contributed by atoms with Crippen molar-refractivity contribution in [2.45, 2.75) is 0 Å². The lowest BCUT2D eigenvalue weighted by Crippen LogP contribution is -2.30. The monoisotopic (exact) mass is 169 g/mol. The minimum Gasteiger partial charge on any atom is -0.398 e. The molecule has 0 radical (unpaired) electrons.